The zero-order valence-electron chi connectivity index (χ0n) is 13.2. The normalized spacial score (nSPS) is 14.8. The summed E-state index contributed by atoms with van der Waals surface area (Å²) in [6, 6.07) is 14.4. The Labute approximate surface area is 147 Å². The Bertz CT molecular complexity index is 846. The molecule has 2 aromatic rings. The first-order chi connectivity index (χ1) is 11.5. The predicted molar refractivity (Wildman–Crippen MR) is 97.3 cm³/mol. The van der Waals surface area contributed by atoms with E-state index in [9.17, 15) is 8.42 Å². The van der Waals surface area contributed by atoms with E-state index in [4.69, 9.17) is 11.6 Å². The SMILES string of the molecule is CCNS(=O)(=O)c1ccc(N2CCC(c3ccc(Cl)cc3)=N2)cc1. The topological polar surface area (TPSA) is 61.8 Å². The molecule has 0 unspecified atom stereocenters. The van der Waals surface area contributed by atoms with E-state index < -0.39 is 10.0 Å². The monoisotopic (exact) mass is 363 g/mol. The molecule has 0 aromatic heterocycles. The Morgan fingerprint density at radius 1 is 1.12 bits per heavy atom. The summed E-state index contributed by atoms with van der Waals surface area (Å²) in [5, 5.41) is 7.21. The second-order valence-electron chi connectivity index (χ2n) is 5.42. The fourth-order valence-corrected chi connectivity index (χ4v) is 3.73. The van der Waals surface area contributed by atoms with Crippen LogP contribution in [-0.4, -0.2) is 27.2 Å². The summed E-state index contributed by atoms with van der Waals surface area (Å²) >= 11 is 5.91. The van der Waals surface area contributed by atoms with Crippen molar-refractivity contribution in [1.82, 2.24) is 4.72 Å². The van der Waals surface area contributed by atoms with Crippen LogP contribution in [0.3, 0.4) is 0 Å². The Kier molecular flexibility index (Phi) is 4.89. The van der Waals surface area contributed by atoms with Gasteiger partial charge < -0.3 is 0 Å². The first kappa shape index (κ1) is 17.0. The first-order valence-electron chi connectivity index (χ1n) is 7.70. The van der Waals surface area contributed by atoms with E-state index in [0.717, 1.165) is 29.9 Å². The van der Waals surface area contributed by atoms with E-state index >= 15 is 0 Å². The fraction of sp³-hybridized carbons (Fsp3) is 0.235. The maximum Gasteiger partial charge on any atom is 0.240 e. The van der Waals surface area contributed by atoms with Crippen LogP contribution >= 0.6 is 11.6 Å². The largest absolute Gasteiger partial charge is 0.265 e. The molecule has 0 fully saturated rings. The number of hydrazone groups is 1. The lowest BCUT2D eigenvalue weighted by atomic mass is 10.1. The highest BCUT2D eigenvalue weighted by atomic mass is 35.5. The van der Waals surface area contributed by atoms with Crippen LogP contribution < -0.4 is 9.73 Å². The summed E-state index contributed by atoms with van der Waals surface area (Å²) in [4.78, 5) is 0.259. The molecule has 0 radical (unpaired) electrons. The quantitative estimate of drug-likeness (QED) is 0.886. The number of nitrogens with zero attached hydrogens (tertiary/aromatic N) is 2. The Balaban J connectivity index is 1.79. The fourth-order valence-electron chi connectivity index (χ4n) is 2.56. The zero-order chi connectivity index (χ0) is 17.2. The van der Waals surface area contributed by atoms with Crippen LogP contribution in [0.15, 0.2) is 58.5 Å². The predicted octanol–water partition coefficient (Wildman–Crippen LogP) is 3.25. The molecular formula is C17H18ClN3O2S. The molecule has 1 aliphatic rings. The van der Waals surface area contributed by atoms with Crippen molar-refractivity contribution in [2.45, 2.75) is 18.2 Å². The van der Waals surface area contributed by atoms with Crippen LogP contribution in [0.2, 0.25) is 5.02 Å². The number of hydrogen-bond acceptors (Lipinski definition) is 4. The Hall–Kier alpha value is -1.89. The summed E-state index contributed by atoms with van der Waals surface area (Å²) in [7, 11) is -3.43. The summed E-state index contributed by atoms with van der Waals surface area (Å²) < 4.78 is 26.4. The lowest BCUT2D eigenvalue weighted by molar-refractivity contribution is 0.584. The van der Waals surface area contributed by atoms with Gasteiger partial charge >= 0.3 is 0 Å². The highest BCUT2D eigenvalue weighted by molar-refractivity contribution is 7.89. The number of benzene rings is 2. The molecule has 126 valence electrons. The maximum atomic E-state index is 12.0. The van der Waals surface area contributed by atoms with Gasteiger partial charge in [-0.2, -0.15) is 5.10 Å². The van der Waals surface area contributed by atoms with E-state index in [1.54, 1.807) is 31.2 Å². The van der Waals surface area contributed by atoms with Crippen LogP contribution in [0, 0.1) is 0 Å². The maximum absolute atomic E-state index is 12.0. The molecule has 0 atom stereocenters. The van der Waals surface area contributed by atoms with E-state index in [1.165, 1.54) is 0 Å². The zero-order valence-corrected chi connectivity index (χ0v) is 14.8. The van der Waals surface area contributed by atoms with Crippen molar-refractivity contribution in [3.63, 3.8) is 0 Å². The molecule has 0 saturated carbocycles. The molecule has 0 saturated heterocycles. The molecular weight excluding hydrogens is 346 g/mol. The van der Waals surface area contributed by atoms with Crippen LogP contribution in [0.4, 0.5) is 5.69 Å². The second kappa shape index (κ2) is 6.93. The van der Waals surface area contributed by atoms with Gasteiger partial charge in [0.15, 0.2) is 0 Å². The number of anilines is 1. The molecule has 0 aliphatic carbocycles. The molecule has 1 aliphatic heterocycles. The molecule has 0 spiro atoms. The van der Waals surface area contributed by atoms with Crippen molar-refractivity contribution in [3.05, 3.63) is 59.1 Å². The number of rotatable bonds is 5. The van der Waals surface area contributed by atoms with Gasteiger partial charge in [-0.3, -0.25) is 5.01 Å². The summed E-state index contributed by atoms with van der Waals surface area (Å²) in [6.07, 6.45) is 0.832. The second-order valence-corrected chi connectivity index (χ2v) is 7.63. The number of hydrogen-bond donors (Lipinski definition) is 1. The van der Waals surface area contributed by atoms with Gasteiger partial charge in [0, 0.05) is 24.5 Å². The molecule has 0 amide bonds. The molecule has 0 bridgehead atoms. The van der Waals surface area contributed by atoms with Crippen LogP contribution in [0.25, 0.3) is 0 Å². The number of sulfonamides is 1. The minimum absolute atomic E-state index is 0.259. The Morgan fingerprint density at radius 2 is 1.79 bits per heavy atom. The standard InChI is InChI=1S/C17H18ClN3O2S/c1-2-19-24(22,23)16-9-7-15(8-10-16)21-12-11-17(20-21)13-3-5-14(18)6-4-13/h3-10,19H,2,11-12H2,1H3. The van der Waals surface area contributed by atoms with Crippen molar-refractivity contribution in [3.8, 4) is 0 Å². The average molecular weight is 364 g/mol. The molecule has 24 heavy (non-hydrogen) atoms. The van der Waals surface area contributed by atoms with Crippen LogP contribution in [0.5, 0.6) is 0 Å². The molecule has 2 aromatic carbocycles. The average Bonchev–Trinajstić information content (AvgIpc) is 3.05. The van der Waals surface area contributed by atoms with Crippen LogP contribution in [-0.2, 0) is 10.0 Å². The van der Waals surface area contributed by atoms with Crippen molar-refractivity contribution in [1.29, 1.82) is 0 Å². The third kappa shape index (κ3) is 3.61. The third-order valence-corrected chi connectivity index (χ3v) is 5.57. The lowest BCUT2D eigenvalue weighted by Gasteiger charge is -2.14. The smallest absolute Gasteiger partial charge is 0.240 e. The van der Waals surface area contributed by atoms with E-state index in [-0.39, 0.29) is 4.90 Å². The van der Waals surface area contributed by atoms with Gasteiger partial charge in [-0.05, 0) is 42.0 Å². The van der Waals surface area contributed by atoms with Gasteiger partial charge in [0.25, 0.3) is 0 Å². The molecule has 1 N–H and O–H groups in total. The minimum Gasteiger partial charge on any atom is -0.265 e. The molecule has 7 heteroatoms. The van der Waals surface area contributed by atoms with Gasteiger partial charge in [-0.1, -0.05) is 30.7 Å². The number of halogens is 1. The molecule has 5 nitrogen and oxygen atoms in total. The van der Waals surface area contributed by atoms with Crippen molar-refractivity contribution in [2.24, 2.45) is 5.10 Å². The highest BCUT2D eigenvalue weighted by Crippen LogP contribution is 2.24. The van der Waals surface area contributed by atoms with Gasteiger partial charge in [0.05, 0.1) is 16.3 Å². The minimum atomic E-state index is -3.43. The van der Waals surface area contributed by atoms with E-state index in [0.29, 0.717) is 11.6 Å². The van der Waals surface area contributed by atoms with Crippen LogP contribution in [0.1, 0.15) is 18.9 Å². The third-order valence-electron chi connectivity index (χ3n) is 3.76. The summed E-state index contributed by atoms with van der Waals surface area (Å²) in [5.74, 6) is 0. The molecule has 1 heterocycles. The van der Waals surface area contributed by atoms with Crippen molar-refractivity contribution >= 4 is 33.0 Å². The van der Waals surface area contributed by atoms with Gasteiger partial charge in [-0.15, -0.1) is 0 Å². The van der Waals surface area contributed by atoms with Gasteiger partial charge in [0.1, 0.15) is 0 Å². The van der Waals surface area contributed by atoms with E-state index in [1.807, 2.05) is 29.3 Å². The van der Waals surface area contributed by atoms with Crippen molar-refractivity contribution in [2.75, 3.05) is 18.1 Å². The highest BCUT2D eigenvalue weighted by Gasteiger charge is 2.18. The first-order valence-corrected chi connectivity index (χ1v) is 9.56. The van der Waals surface area contributed by atoms with Crippen molar-refractivity contribution < 1.29 is 8.42 Å². The summed E-state index contributed by atoms with van der Waals surface area (Å²) in [5.41, 5.74) is 2.92. The van der Waals surface area contributed by atoms with E-state index in [2.05, 4.69) is 9.82 Å². The Morgan fingerprint density at radius 3 is 2.42 bits per heavy atom. The summed E-state index contributed by atoms with van der Waals surface area (Å²) in [6.45, 7) is 2.88. The number of nitrogens with one attached hydrogen (secondary N) is 1. The molecule has 3 rings (SSSR count). The lowest BCUT2D eigenvalue weighted by Crippen LogP contribution is -2.23. The van der Waals surface area contributed by atoms with Gasteiger partial charge in [0.2, 0.25) is 10.0 Å². The van der Waals surface area contributed by atoms with Gasteiger partial charge in [-0.25, -0.2) is 13.1 Å².